The Morgan fingerprint density at radius 2 is 1.95 bits per heavy atom. The Morgan fingerprint density at radius 3 is 2.52 bits per heavy atom. The highest BCUT2D eigenvalue weighted by Crippen LogP contribution is 2.11. The Balaban J connectivity index is 1.69. The number of piperidine rings is 1. The molecule has 0 aliphatic carbocycles. The Hall–Kier alpha value is -1.33. The minimum Gasteiger partial charge on any atom is -0.497 e. The average Bonchev–Trinajstić information content (AvgIpc) is 2.54. The zero-order valence-corrected chi connectivity index (χ0v) is 13.7. The Morgan fingerprint density at radius 1 is 1.29 bits per heavy atom. The molecule has 0 spiro atoms. The first-order valence-electron chi connectivity index (χ1n) is 7.61. The van der Waals surface area contributed by atoms with Crippen molar-refractivity contribution in [3.05, 3.63) is 29.8 Å². The Bertz CT molecular complexity index is 441. The molecule has 1 aliphatic rings. The summed E-state index contributed by atoms with van der Waals surface area (Å²) in [5, 5.41) is 7.45. The molecule has 1 aromatic carbocycles. The minimum absolute atomic E-state index is 0.503. The lowest BCUT2D eigenvalue weighted by atomic mass is 10.1. The summed E-state index contributed by atoms with van der Waals surface area (Å²) in [4.78, 5) is 2.48. The van der Waals surface area contributed by atoms with Crippen molar-refractivity contribution in [3.8, 4) is 5.75 Å². The largest absolute Gasteiger partial charge is 0.497 e. The van der Waals surface area contributed by atoms with E-state index in [4.69, 9.17) is 17.0 Å². The van der Waals surface area contributed by atoms with Gasteiger partial charge < -0.3 is 20.3 Å². The zero-order chi connectivity index (χ0) is 15.1. The van der Waals surface area contributed by atoms with Crippen molar-refractivity contribution in [1.82, 2.24) is 15.5 Å². The molecule has 2 N–H and O–H groups in total. The van der Waals surface area contributed by atoms with E-state index in [2.05, 4.69) is 22.5 Å². The van der Waals surface area contributed by atoms with Gasteiger partial charge in [-0.05, 0) is 49.3 Å². The van der Waals surface area contributed by atoms with E-state index in [0.29, 0.717) is 6.04 Å². The molecule has 0 atom stereocenters. The maximum atomic E-state index is 5.38. The third-order valence-electron chi connectivity index (χ3n) is 3.98. The van der Waals surface area contributed by atoms with Crippen molar-refractivity contribution >= 4 is 17.3 Å². The van der Waals surface area contributed by atoms with Crippen LogP contribution in [0.5, 0.6) is 5.75 Å². The summed E-state index contributed by atoms with van der Waals surface area (Å²) in [6, 6.07) is 8.54. The smallest absolute Gasteiger partial charge is 0.166 e. The lowest BCUT2D eigenvalue weighted by Gasteiger charge is -2.32. The van der Waals surface area contributed by atoms with Gasteiger partial charge in [-0.25, -0.2) is 0 Å². The fourth-order valence-electron chi connectivity index (χ4n) is 2.56. The highest BCUT2D eigenvalue weighted by atomic mass is 32.1. The molecule has 0 aromatic heterocycles. The number of rotatable bonds is 5. The molecule has 1 heterocycles. The van der Waals surface area contributed by atoms with Crippen LogP contribution in [0.25, 0.3) is 0 Å². The summed E-state index contributed by atoms with van der Waals surface area (Å²) < 4.78 is 5.15. The standard InChI is InChI=1S/C16H25N3OS/c1-3-19-10-8-14(9-11-19)18-16(21)17-12-13-4-6-15(20-2)7-5-13/h4-7,14H,3,8-12H2,1-2H3,(H2,17,18,21). The molecule has 2 rings (SSSR count). The van der Waals surface area contributed by atoms with Gasteiger partial charge >= 0.3 is 0 Å². The highest BCUT2D eigenvalue weighted by Gasteiger charge is 2.18. The maximum Gasteiger partial charge on any atom is 0.166 e. The number of nitrogens with one attached hydrogen (secondary N) is 2. The van der Waals surface area contributed by atoms with Gasteiger partial charge in [0.2, 0.25) is 0 Å². The molecular formula is C16H25N3OS. The van der Waals surface area contributed by atoms with Crippen LogP contribution >= 0.6 is 12.2 Å². The molecule has 1 aromatic rings. The summed E-state index contributed by atoms with van der Waals surface area (Å²) in [5.41, 5.74) is 1.20. The molecule has 0 amide bonds. The van der Waals surface area contributed by atoms with Crippen LogP contribution < -0.4 is 15.4 Å². The molecule has 21 heavy (non-hydrogen) atoms. The summed E-state index contributed by atoms with van der Waals surface area (Å²) >= 11 is 5.38. The Labute approximate surface area is 132 Å². The topological polar surface area (TPSA) is 36.5 Å². The van der Waals surface area contributed by atoms with Gasteiger partial charge in [0.05, 0.1) is 7.11 Å². The second-order valence-corrected chi connectivity index (χ2v) is 5.79. The van der Waals surface area contributed by atoms with Gasteiger partial charge in [-0.2, -0.15) is 0 Å². The first-order chi connectivity index (χ1) is 10.2. The fourth-order valence-corrected chi connectivity index (χ4v) is 2.79. The van der Waals surface area contributed by atoms with Crippen LogP contribution in [0.2, 0.25) is 0 Å². The number of nitrogens with zero attached hydrogens (tertiary/aromatic N) is 1. The fraction of sp³-hybridized carbons (Fsp3) is 0.562. The normalized spacial score (nSPS) is 16.5. The second-order valence-electron chi connectivity index (χ2n) is 5.38. The third kappa shape index (κ3) is 5.17. The predicted molar refractivity (Wildman–Crippen MR) is 90.7 cm³/mol. The quantitative estimate of drug-likeness (QED) is 0.815. The molecule has 1 saturated heterocycles. The molecule has 116 valence electrons. The third-order valence-corrected chi connectivity index (χ3v) is 4.24. The van der Waals surface area contributed by atoms with Gasteiger partial charge in [-0.1, -0.05) is 19.1 Å². The first kappa shape index (κ1) is 16.0. The first-order valence-corrected chi connectivity index (χ1v) is 8.01. The number of ether oxygens (including phenoxy) is 1. The Kier molecular flexibility index (Phi) is 6.26. The molecule has 0 radical (unpaired) electrons. The molecule has 1 aliphatic heterocycles. The van der Waals surface area contributed by atoms with E-state index < -0.39 is 0 Å². The molecular weight excluding hydrogens is 282 g/mol. The van der Waals surface area contributed by atoms with Crippen molar-refractivity contribution in [2.75, 3.05) is 26.7 Å². The number of methoxy groups -OCH3 is 1. The van der Waals surface area contributed by atoms with Gasteiger partial charge in [-0.15, -0.1) is 0 Å². The van der Waals surface area contributed by atoms with E-state index in [1.807, 2.05) is 24.3 Å². The molecule has 5 heteroatoms. The van der Waals surface area contributed by atoms with Crippen molar-refractivity contribution < 1.29 is 4.74 Å². The van der Waals surface area contributed by atoms with Crippen LogP contribution in [0.1, 0.15) is 25.3 Å². The van der Waals surface area contributed by atoms with Gasteiger partial charge in [0, 0.05) is 25.7 Å². The van der Waals surface area contributed by atoms with Gasteiger partial charge in [0.1, 0.15) is 5.75 Å². The highest BCUT2D eigenvalue weighted by molar-refractivity contribution is 7.80. The second kappa shape index (κ2) is 8.20. The SMILES string of the molecule is CCN1CCC(NC(=S)NCc2ccc(OC)cc2)CC1. The van der Waals surface area contributed by atoms with E-state index in [9.17, 15) is 0 Å². The van der Waals surface area contributed by atoms with Crippen LogP contribution in [0, 0.1) is 0 Å². The van der Waals surface area contributed by atoms with E-state index in [0.717, 1.165) is 49.9 Å². The molecule has 0 bridgehead atoms. The van der Waals surface area contributed by atoms with Crippen molar-refractivity contribution in [1.29, 1.82) is 0 Å². The monoisotopic (exact) mass is 307 g/mol. The number of hydrogen-bond acceptors (Lipinski definition) is 3. The zero-order valence-electron chi connectivity index (χ0n) is 12.9. The van der Waals surface area contributed by atoms with E-state index in [-0.39, 0.29) is 0 Å². The summed E-state index contributed by atoms with van der Waals surface area (Å²) in [7, 11) is 1.68. The van der Waals surface area contributed by atoms with Crippen molar-refractivity contribution in [3.63, 3.8) is 0 Å². The van der Waals surface area contributed by atoms with Crippen molar-refractivity contribution in [2.24, 2.45) is 0 Å². The molecule has 0 unspecified atom stereocenters. The number of thiocarbonyl (C=S) groups is 1. The summed E-state index contributed by atoms with van der Waals surface area (Å²) in [6.07, 6.45) is 2.33. The van der Waals surface area contributed by atoms with Crippen LogP contribution in [0.4, 0.5) is 0 Å². The van der Waals surface area contributed by atoms with Gasteiger partial charge in [-0.3, -0.25) is 0 Å². The predicted octanol–water partition coefficient (Wildman–Crippen LogP) is 2.14. The van der Waals surface area contributed by atoms with E-state index >= 15 is 0 Å². The lowest BCUT2D eigenvalue weighted by molar-refractivity contribution is 0.216. The van der Waals surface area contributed by atoms with Gasteiger partial charge in [0.15, 0.2) is 5.11 Å². The van der Waals surface area contributed by atoms with Crippen LogP contribution in [0.3, 0.4) is 0 Å². The summed E-state index contributed by atoms with van der Waals surface area (Å²) in [5.74, 6) is 0.877. The maximum absolute atomic E-state index is 5.38. The average molecular weight is 307 g/mol. The number of likely N-dealkylation sites (tertiary alicyclic amines) is 1. The van der Waals surface area contributed by atoms with Crippen LogP contribution in [-0.4, -0.2) is 42.8 Å². The molecule has 0 saturated carbocycles. The molecule has 4 nitrogen and oxygen atoms in total. The number of benzene rings is 1. The lowest BCUT2D eigenvalue weighted by Crippen LogP contribution is -2.47. The minimum atomic E-state index is 0.503. The molecule has 1 fully saturated rings. The number of hydrogen-bond donors (Lipinski definition) is 2. The van der Waals surface area contributed by atoms with Crippen LogP contribution in [-0.2, 0) is 6.54 Å². The van der Waals surface area contributed by atoms with Crippen molar-refractivity contribution in [2.45, 2.75) is 32.4 Å². The summed E-state index contributed by atoms with van der Waals surface area (Å²) in [6.45, 7) is 6.43. The van der Waals surface area contributed by atoms with Crippen LogP contribution in [0.15, 0.2) is 24.3 Å². The van der Waals surface area contributed by atoms with E-state index in [1.54, 1.807) is 7.11 Å². The van der Waals surface area contributed by atoms with Gasteiger partial charge in [0.25, 0.3) is 0 Å². The van der Waals surface area contributed by atoms with E-state index in [1.165, 1.54) is 5.56 Å².